The zero-order chi connectivity index (χ0) is 13.7. The van der Waals surface area contributed by atoms with Gasteiger partial charge in [-0.1, -0.05) is 37.3 Å². The Bertz CT molecular complexity index is 410. The van der Waals surface area contributed by atoms with Crippen molar-refractivity contribution in [1.82, 2.24) is 10.6 Å². The third-order valence-electron chi connectivity index (χ3n) is 4.15. The van der Waals surface area contributed by atoms with E-state index in [4.69, 9.17) is 0 Å². The van der Waals surface area contributed by atoms with Crippen LogP contribution in [0.3, 0.4) is 0 Å². The molecule has 2 N–H and O–H groups in total. The van der Waals surface area contributed by atoms with Crippen molar-refractivity contribution >= 4 is 5.91 Å². The minimum absolute atomic E-state index is 0.192. The van der Waals surface area contributed by atoms with Gasteiger partial charge in [0.05, 0.1) is 5.41 Å². The van der Waals surface area contributed by atoms with Crippen LogP contribution in [0.4, 0.5) is 0 Å². The molecule has 1 aromatic carbocycles. The van der Waals surface area contributed by atoms with Crippen molar-refractivity contribution in [3.63, 3.8) is 0 Å². The molecule has 2 atom stereocenters. The van der Waals surface area contributed by atoms with E-state index in [1.54, 1.807) is 0 Å². The average molecular weight is 260 g/mol. The van der Waals surface area contributed by atoms with Crippen molar-refractivity contribution in [2.24, 2.45) is 5.41 Å². The smallest absolute Gasteiger partial charge is 0.227 e. The van der Waals surface area contributed by atoms with Crippen molar-refractivity contribution in [1.29, 1.82) is 0 Å². The monoisotopic (exact) mass is 260 g/mol. The van der Waals surface area contributed by atoms with E-state index in [0.717, 1.165) is 32.5 Å². The third-order valence-corrected chi connectivity index (χ3v) is 4.15. The molecule has 0 radical (unpaired) electrons. The molecule has 1 amide bonds. The van der Waals surface area contributed by atoms with Crippen molar-refractivity contribution in [2.75, 3.05) is 19.6 Å². The molecule has 1 fully saturated rings. The summed E-state index contributed by atoms with van der Waals surface area (Å²) >= 11 is 0. The first-order valence-electron chi connectivity index (χ1n) is 7.16. The summed E-state index contributed by atoms with van der Waals surface area (Å²) < 4.78 is 0. The van der Waals surface area contributed by atoms with Crippen molar-refractivity contribution in [2.45, 2.75) is 32.6 Å². The zero-order valence-corrected chi connectivity index (χ0v) is 11.9. The number of hydrogen-bond donors (Lipinski definition) is 2. The Morgan fingerprint density at radius 1 is 1.42 bits per heavy atom. The molecule has 0 aliphatic carbocycles. The largest absolute Gasteiger partial charge is 0.356 e. The maximum absolute atomic E-state index is 12.1. The van der Waals surface area contributed by atoms with Crippen LogP contribution in [0.2, 0.25) is 0 Å². The number of carbonyl (C=O) groups is 1. The standard InChI is InChI=1S/C16H24N2O/c1-13(14-6-4-3-5-7-14)8-10-18-15(19)16(2)9-11-17-12-16/h3-7,13,17H,8-12H2,1-2H3,(H,18,19). The van der Waals surface area contributed by atoms with Gasteiger partial charge in [0, 0.05) is 13.1 Å². The van der Waals surface area contributed by atoms with Crippen LogP contribution < -0.4 is 10.6 Å². The van der Waals surface area contributed by atoms with Crippen LogP contribution in [0, 0.1) is 5.41 Å². The number of hydrogen-bond acceptors (Lipinski definition) is 2. The predicted octanol–water partition coefficient (Wildman–Crippen LogP) is 2.30. The van der Waals surface area contributed by atoms with Crippen molar-refractivity contribution < 1.29 is 4.79 Å². The Balaban J connectivity index is 1.76. The zero-order valence-electron chi connectivity index (χ0n) is 11.9. The van der Waals surface area contributed by atoms with E-state index in [2.05, 4.69) is 41.8 Å². The van der Waals surface area contributed by atoms with Crippen molar-refractivity contribution in [3.05, 3.63) is 35.9 Å². The van der Waals surface area contributed by atoms with E-state index in [9.17, 15) is 4.79 Å². The molecule has 19 heavy (non-hydrogen) atoms. The highest BCUT2D eigenvalue weighted by molar-refractivity contribution is 5.82. The van der Waals surface area contributed by atoms with E-state index in [0.29, 0.717) is 5.92 Å². The number of carbonyl (C=O) groups excluding carboxylic acids is 1. The lowest BCUT2D eigenvalue weighted by Gasteiger charge is -2.22. The summed E-state index contributed by atoms with van der Waals surface area (Å²) in [5.74, 6) is 0.675. The fourth-order valence-electron chi connectivity index (χ4n) is 2.57. The highest BCUT2D eigenvalue weighted by Crippen LogP contribution is 2.24. The van der Waals surface area contributed by atoms with Gasteiger partial charge in [-0.3, -0.25) is 4.79 Å². The third kappa shape index (κ3) is 3.57. The molecule has 104 valence electrons. The Morgan fingerprint density at radius 2 is 2.16 bits per heavy atom. The molecule has 0 aromatic heterocycles. The van der Waals surface area contributed by atoms with Gasteiger partial charge in [0.1, 0.15) is 0 Å². The van der Waals surface area contributed by atoms with Gasteiger partial charge in [-0.2, -0.15) is 0 Å². The molecule has 3 nitrogen and oxygen atoms in total. The second-order valence-corrected chi connectivity index (χ2v) is 5.84. The molecule has 1 aliphatic heterocycles. The van der Waals surface area contributed by atoms with Gasteiger partial charge < -0.3 is 10.6 Å². The first kappa shape index (κ1) is 14.1. The van der Waals surface area contributed by atoms with E-state index in [1.807, 2.05) is 13.0 Å². The van der Waals surface area contributed by atoms with Crippen LogP contribution in [0.5, 0.6) is 0 Å². The summed E-state index contributed by atoms with van der Waals surface area (Å²) in [6.07, 6.45) is 1.92. The first-order valence-corrected chi connectivity index (χ1v) is 7.16. The van der Waals surface area contributed by atoms with Gasteiger partial charge in [-0.15, -0.1) is 0 Å². The van der Waals surface area contributed by atoms with Crippen LogP contribution in [-0.4, -0.2) is 25.5 Å². The summed E-state index contributed by atoms with van der Waals surface area (Å²) in [6, 6.07) is 10.5. The first-order chi connectivity index (χ1) is 9.12. The van der Waals surface area contributed by atoms with Crippen LogP contribution >= 0.6 is 0 Å². The molecular weight excluding hydrogens is 236 g/mol. The molecule has 0 saturated carbocycles. The number of amides is 1. The molecule has 1 saturated heterocycles. The molecular formula is C16H24N2O. The highest BCUT2D eigenvalue weighted by Gasteiger charge is 2.35. The molecule has 2 rings (SSSR count). The van der Waals surface area contributed by atoms with Gasteiger partial charge in [-0.25, -0.2) is 0 Å². The molecule has 0 bridgehead atoms. The van der Waals surface area contributed by atoms with Gasteiger partial charge in [0.2, 0.25) is 5.91 Å². The van der Waals surface area contributed by atoms with Gasteiger partial charge in [0.15, 0.2) is 0 Å². The highest BCUT2D eigenvalue weighted by atomic mass is 16.2. The van der Waals surface area contributed by atoms with Crippen LogP contribution in [0.1, 0.15) is 38.2 Å². The van der Waals surface area contributed by atoms with E-state index < -0.39 is 0 Å². The normalized spacial score (nSPS) is 24.1. The Labute approximate surface area is 115 Å². The van der Waals surface area contributed by atoms with Gasteiger partial charge in [0.25, 0.3) is 0 Å². The molecule has 3 heteroatoms. The molecule has 0 spiro atoms. The van der Waals surface area contributed by atoms with E-state index >= 15 is 0 Å². The second kappa shape index (κ2) is 6.20. The fourth-order valence-corrected chi connectivity index (χ4v) is 2.57. The fraction of sp³-hybridized carbons (Fsp3) is 0.562. The summed E-state index contributed by atoms with van der Waals surface area (Å²) in [4.78, 5) is 12.1. The minimum Gasteiger partial charge on any atom is -0.356 e. The summed E-state index contributed by atoms with van der Waals surface area (Å²) in [5.41, 5.74) is 1.13. The van der Waals surface area contributed by atoms with E-state index in [-0.39, 0.29) is 11.3 Å². The van der Waals surface area contributed by atoms with Crippen LogP contribution in [0.25, 0.3) is 0 Å². The maximum Gasteiger partial charge on any atom is 0.227 e. The summed E-state index contributed by atoms with van der Waals surface area (Å²) in [5, 5.41) is 6.34. The number of rotatable bonds is 5. The SMILES string of the molecule is CC(CCNC(=O)C1(C)CCNC1)c1ccccc1. The molecule has 1 aromatic rings. The molecule has 1 aliphatic rings. The Hall–Kier alpha value is -1.35. The lowest BCUT2D eigenvalue weighted by atomic mass is 9.88. The minimum atomic E-state index is -0.212. The molecule has 2 unspecified atom stereocenters. The maximum atomic E-state index is 12.1. The number of benzene rings is 1. The van der Waals surface area contributed by atoms with Crippen LogP contribution in [0.15, 0.2) is 30.3 Å². The van der Waals surface area contributed by atoms with Gasteiger partial charge >= 0.3 is 0 Å². The predicted molar refractivity (Wildman–Crippen MR) is 78.1 cm³/mol. The summed E-state index contributed by atoms with van der Waals surface area (Å²) in [7, 11) is 0. The quantitative estimate of drug-likeness (QED) is 0.853. The summed E-state index contributed by atoms with van der Waals surface area (Å²) in [6.45, 7) is 6.76. The Kier molecular flexibility index (Phi) is 4.59. The lowest BCUT2D eigenvalue weighted by Crippen LogP contribution is -2.40. The number of nitrogens with one attached hydrogen (secondary N) is 2. The van der Waals surface area contributed by atoms with Crippen molar-refractivity contribution in [3.8, 4) is 0 Å². The lowest BCUT2D eigenvalue weighted by molar-refractivity contribution is -0.129. The topological polar surface area (TPSA) is 41.1 Å². The Morgan fingerprint density at radius 3 is 2.79 bits per heavy atom. The average Bonchev–Trinajstić information content (AvgIpc) is 2.88. The van der Waals surface area contributed by atoms with Crippen LogP contribution in [-0.2, 0) is 4.79 Å². The van der Waals surface area contributed by atoms with E-state index in [1.165, 1.54) is 5.56 Å². The molecule has 1 heterocycles. The van der Waals surface area contributed by atoms with Gasteiger partial charge in [-0.05, 0) is 37.8 Å². The second-order valence-electron chi connectivity index (χ2n) is 5.84.